The van der Waals surface area contributed by atoms with Gasteiger partial charge in [0.05, 0.1) is 5.56 Å². The van der Waals surface area contributed by atoms with Gasteiger partial charge in [-0.05, 0) is 30.9 Å². The van der Waals surface area contributed by atoms with Crippen LogP contribution in [0.3, 0.4) is 0 Å². The number of benzene rings is 1. The molecule has 1 aromatic carbocycles. The van der Waals surface area contributed by atoms with Crippen molar-refractivity contribution in [3.8, 4) is 11.4 Å². The second-order valence-electron chi connectivity index (χ2n) is 5.68. The van der Waals surface area contributed by atoms with Gasteiger partial charge >= 0.3 is 0 Å². The maximum Gasteiger partial charge on any atom is 0.237 e. The lowest BCUT2D eigenvalue weighted by Gasteiger charge is -2.31. The average Bonchev–Trinajstić information content (AvgIpc) is 3.03. The first kappa shape index (κ1) is 15.9. The summed E-state index contributed by atoms with van der Waals surface area (Å²) < 4.78 is 19.0. The standard InChI is InChI=1S/C16H17ClFN3O2/c17-9-15(22)21-7-3-4-11(10-21)8-14-19-16(20-23-14)12-5-1-2-6-13(12)18/h1-2,5-6,11H,3-4,7-10H2. The van der Waals surface area contributed by atoms with E-state index in [1.165, 1.54) is 6.07 Å². The zero-order chi connectivity index (χ0) is 16.2. The summed E-state index contributed by atoms with van der Waals surface area (Å²) in [6, 6.07) is 6.32. The maximum atomic E-state index is 13.7. The van der Waals surface area contributed by atoms with Gasteiger partial charge < -0.3 is 9.42 Å². The Bertz CT molecular complexity index is 691. The predicted octanol–water partition coefficient (Wildman–Crippen LogP) is 2.90. The normalized spacial score (nSPS) is 18.2. The Kier molecular flexibility index (Phi) is 4.91. The first-order valence-corrected chi connectivity index (χ1v) is 8.12. The second-order valence-corrected chi connectivity index (χ2v) is 5.94. The number of carbonyl (C=O) groups excluding carboxylic acids is 1. The van der Waals surface area contributed by atoms with E-state index in [0.717, 1.165) is 19.4 Å². The molecule has 0 N–H and O–H groups in total. The molecular weight excluding hydrogens is 321 g/mol. The highest BCUT2D eigenvalue weighted by Crippen LogP contribution is 2.23. The zero-order valence-electron chi connectivity index (χ0n) is 12.5. The molecule has 1 saturated heterocycles. The van der Waals surface area contributed by atoms with Gasteiger partial charge in [0.2, 0.25) is 17.6 Å². The number of alkyl halides is 1. The molecule has 1 aliphatic rings. The van der Waals surface area contributed by atoms with E-state index in [-0.39, 0.29) is 29.3 Å². The van der Waals surface area contributed by atoms with Gasteiger partial charge in [0.15, 0.2) is 0 Å². The number of amides is 1. The molecule has 5 nitrogen and oxygen atoms in total. The van der Waals surface area contributed by atoms with Crippen molar-refractivity contribution in [1.29, 1.82) is 0 Å². The molecule has 0 saturated carbocycles. The van der Waals surface area contributed by atoms with Crippen LogP contribution in [0, 0.1) is 11.7 Å². The number of piperidine rings is 1. The molecule has 2 heterocycles. The molecule has 0 aliphatic carbocycles. The van der Waals surface area contributed by atoms with Crippen LogP contribution in [0.1, 0.15) is 18.7 Å². The van der Waals surface area contributed by atoms with Crippen molar-refractivity contribution in [2.24, 2.45) is 5.92 Å². The van der Waals surface area contributed by atoms with Crippen LogP contribution < -0.4 is 0 Å². The SMILES string of the molecule is O=C(CCl)N1CCCC(Cc2nc(-c3ccccc3F)no2)C1. The minimum Gasteiger partial charge on any atom is -0.341 e. The fourth-order valence-electron chi connectivity index (χ4n) is 2.88. The number of halogens is 2. The number of aromatic nitrogens is 2. The van der Waals surface area contributed by atoms with Crippen LogP contribution in [-0.4, -0.2) is 39.9 Å². The minimum absolute atomic E-state index is 0.00467. The van der Waals surface area contributed by atoms with Gasteiger partial charge in [-0.2, -0.15) is 4.98 Å². The van der Waals surface area contributed by atoms with Crippen molar-refractivity contribution in [3.63, 3.8) is 0 Å². The van der Waals surface area contributed by atoms with Crippen molar-refractivity contribution in [1.82, 2.24) is 15.0 Å². The van der Waals surface area contributed by atoms with E-state index in [4.69, 9.17) is 16.1 Å². The Morgan fingerprint density at radius 3 is 3.04 bits per heavy atom. The lowest BCUT2D eigenvalue weighted by Crippen LogP contribution is -2.41. The molecule has 0 spiro atoms. The van der Waals surface area contributed by atoms with E-state index in [1.54, 1.807) is 23.1 Å². The van der Waals surface area contributed by atoms with Crippen molar-refractivity contribution in [2.75, 3.05) is 19.0 Å². The van der Waals surface area contributed by atoms with E-state index in [1.807, 2.05) is 0 Å². The van der Waals surface area contributed by atoms with Gasteiger partial charge in [-0.3, -0.25) is 4.79 Å². The van der Waals surface area contributed by atoms with Crippen LogP contribution in [0.25, 0.3) is 11.4 Å². The van der Waals surface area contributed by atoms with Gasteiger partial charge in [0.1, 0.15) is 11.7 Å². The van der Waals surface area contributed by atoms with Gasteiger partial charge in [-0.15, -0.1) is 11.6 Å². The third kappa shape index (κ3) is 3.69. The minimum atomic E-state index is -0.378. The Labute approximate surface area is 138 Å². The van der Waals surface area contributed by atoms with Crippen LogP contribution in [0.15, 0.2) is 28.8 Å². The summed E-state index contributed by atoms with van der Waals surface area (Å²) in [5.74, 6) is 0.552. The third-order valence-electron chi connectivity index (χ3n) is 4.03. The highest BCUT2D eigenvalue weighted by molar-refractivity contribution is 6.27. The van der Waals surface area contributed by atoms with Crippen LogP contribution in [-0.2, 0) is 11.2 Å². The number of carbonyl (C=O) groups is 1. The van der Waals surface area contributed by atoms with Crippen molar-refractivity contribution >= 4 is 17.5 Å². The molecule has 0 radical (unpaired) electrons. The topological polar surface area (TPSA) is 59.2 Å². The van der Waals surface area contributed by atoms with E-state index >= 15 is 0 Å². The molecule has 1 fully saturated rings. The fourth-order valence-corrected chi connectivity index (χ4v) is 3.05. The summed E-state index contributed by atoms with van der Waals surface area (Å²) in [5, 5.41) is 3.86. The summed E-state index contributed by atoms with van der Waals surface area (Å²) in [7, 11) is 0. The summed E-state index contributed by atoms with van der Waals surface area (Å²) in [4.78, 5) is 17.7. The molecule has 23 heavy (non-hydrogen) atoms. The van der Waals surface area contributed by atoms with Crippen LogP contribution in [0.4, 0.5) is 4.39 Å². The van der Waals surface area contributed by atoms with Crippen LogP contribution in [0.5, 0.6) is 0 Å². The Morgan fingerprint density at radius 2 is 2.26 bits per heavy atom. The van der Waals surface area contributed by atoms with E-state index in [9.17, 15) is 9.18 Å². The summed E-state index contributed by atoms with van der Waals surface area (Å²) >= 11 is 5.61. The zero-order valence-corrected chi connectivity index (χ0v) is 13.3. The first-order chi connectivity index (χ1) is 11.2. The Hall–Kier alpha value is -1.95. The largest absolute Gasteiger partial charge is 0.341 e. The molecular formula is C16H17ClFN3O2. The fraction of sp³-hybridized carbons (Fsp3) is 0.438. The molecule has 122 valence electrons. The predicted molar refractivity (Wildman–Crippen MR) is 83.4 cm³/mol. The Morgan fingerprint density at radius 1 is 1.43 bits per heavy atom. The molecule has 1 amide bonds. The summed E-state index contributed by atoms with van der Waals surface area (Å²) in [6.45, 7) is 1.38. The lowest BCUT2D eigenvalue weighted by molar-refractivity contribution is -0.130. The van der Waals surface area contributed by atoms with Gasteiger partial charge in [0, 0.05) is 19.5 Å². The molecule has 1 unspecified atom stereocenters. The third-order valence-corrected chi connectivity index (χ3v) is 4.26. The van der Waals surface area contributed by atoms with Gasteiger partial charge in [-0.1, -0.05) is 17.3 Å². The maximum absolute atomic E-state index is 13.7. The summed E-state index contributed by atoms with van der Waals surface area (Å²) in [5.41, 5.74) is 0.324. The second kappa shape index (κ2) is 7.08. The molecule has 1 aromatic heterocycles. The molecule has 2 aromatic rings. The van der Waals surface area contributed by atoms with E-state index in [0.29, 0.717) is 24.4 Å². The highest BCUT2D eigenvalue weighted by atomic mass is 35.5. The number of rotatable bonds is 4. The monoisotopic (exact) mass is 337 g/mol. The molecule has 3 rings (SSSR count). The number of hydrogen-bond donors (Lipinski definition) is 0. The van der Waals surface area contributed by atoms with Gasteiger partial charge in [-0.25, -0.2) is 4.39 Å². The van der Waals surface area contributed by atoms with Crippen molar-refractivity contribution in [2.45, 2.75) is 19.3 Å². The Balaban J connectivity index is 1.67. The van der Waals surface area contributed by atoms with Crippen LogP contribution >= 0.6 is 11.6 Å². The van der Waals surface area contributed by atoms with E-state index < -0.39 is 0 Å². The highest BCUT2D eigenvalue weighted by Gasteiger charge is 2.25. The van der Waals surface area contributed by atoms with Crippen molar-refractivity contribution < 1.29 is 13.7 Å². The van der Waals surface area contributed by atoms with Crippen molar-refractivity contribution in [3.05, 3.63) is 36.0 Å². The molecule has 7 heteroatoms. The van der Waals surface area contributed by atoms with E-state index in [2.05, 4.69) is 10.1 Å². The average molecular weight is 338 g/mol. The first-order valence-electron chi connectivity index (χ1n) is 7.58. The molecule has 0 bridgehead atoms. The number of hydrogen-bond acceptors (Lipinski definition) is 4. The molecule has 1 aliphatic heterocycles. The quantitative estimate of drug-likeness (QED) is 0.805. The number of likely N-dealkylation sites (tertiary alicyclic amines) is 1. The van der Waals surface area contributed by atoms with Gasteiger partial charge in [0.25, 0.3) is 0 Å². The summed E-state index contributed by atoms with van der Waals surface area (Å²) in [6.07, 6.45) is 2.50. The lowest BCUT2D eigenvalue weighted by atomic mass is 9.95. The van der Waals surface area contributed by atoms with Crippen LogP contribution in [0.2, 0.25) is 0 Å². The molecule has 1 atom stereocenters. The number of nitrogens with zero attached hydrogens (tertiary/aromatic N) is 3. The smallest absolute Gasteiger partial charge is 0.237 e.